The molecule has 1 unspecified atom stereocenters. The number of carboxylic acids is 1. The summed E-state index contributed by atoms with van der Waals surface area (Å²) in [6.07, 6.45) is 0. The summed E-state index contributed by atoms with van der Waals surface area (Å²) in [5.41, 5.74) is 0.565. The van der Waals surface area contributed by atoms with E-state index in [1.165, 1.54) is 0 Å². The minimum absolute atomic E-state index is 0.277. The van der Waals surface area contributed by atoms with Crippen molar-refractivity contribution in [1.29, 1.82) is 0 Å². The van der Waals surface area contributed by atoms with E-state index in [0.717, 1.165) is 0 Å². The molecule has 1 aromatic rings. The van der Waals surface area contributed by atoms with E-state index < -0.39 is 12.0 Å². The van der Waals surface area contributed by atoms with Crippen molar-refractivity contribution in [2.24, 2.45) is 5.92 Å². The first-order valence-electron chi connectivity index (χ1n) is 5.79. The highest BCUT2D eigenvalue weighted by atomic mass is 16.4. The first kappa shape index (κ1) is 14.2. The van der Waals surface area contributed by atoms with Gasteiger partial charge >= 0.3 is 5.97 Å². The molecule has 2 atom stereocenters. The van der Waals surface area contributed by atoms with Gasteiger partial charge in [-0.2, -0.15) is 0 Å². The number of aliphatic carboxylic acids is 1. The third-order valence-corrected chi connectivity index (χ3v) is 2.62. The fourth-order valence-electron chi connectivity index (χ4n) is 1.62. The minimum atomic E-state index is -1.06. The number of amides is 1. The van der Waals surface area contributed by atoms with Crippen LogP contribution in [0.25, 0.3) is 0 Å². The van der Waals surface area contributed by atoms with Gasteiger partial charge in [0.1, 0.15) is 0 Å². The minimum Gasteiger partial charge on any atom is -0.479 e. The molecule has 1 amide bonds. The number of carboxylic acid groups (broad SMARTS) is 1. The summed E-state index contributed by atoms with van der Waals surface area (Å²) in [5.74, 6) is -1.62. The van der Waals surface area contributed by atoms with Gasteiger partial charge in [0, 0.05) is 12.5 Å². The van der Waals surface area contributed by atoms with Gasteiger partial charge in [-0.15, -0.1) is 0 Å². The lowest BCUT2D eigenvalue weighted by Gasteiger charge is -2.18. The highest BCUT2D eigenvalue weighted by molar-refractivity contribution is 5.85. The topological polar surface area (TPSA) is 78.4 Å². The van der Waals surface area contributed by atoms with E-state index in [1.54, 1.807) is 44.3 Å². The molecule has 98 valence electrons. The number of hydrogen-bond acceptors (Lipinski definition) is 3. The number of nitrogens with one attached hydrogen (secondary N) is 2. The molecule has 0 aliphatic heterocycles. The van der Waals surface area contributed by atoms with Gasteiger partial charge in [0.2, 0.25) is 5.91 Å². The van der Waals surface area contributed by atoms with Crippen molar-refractivity contribution in [2.45, 2.75) is 13.0 Å². The molecule has 18 heavy (non-hydrogen) atoms. The molecule has 0 radical (unpaired) electrons. The molecule has 3 N–H and O–H groups in total. The zero-order valence-corrected chi connectivity index (χ0v) is 10.5. The van der Waals surface area contributed by atoms with E-state index in [4.69, 9.17) is 5.11 Å². The Morgan fingerprint density at radius 3 is 2.39 bits per heavy atom. The van der Waals surface area contributed by atoms with Gasteiger partial charge in [-0.3, -0.25) is 4.79 Å². The molecule has 0 bridgehead atoms. The van der Waals surface area contributed by atoms with Crippen LogP contribution in [-0.4, -0.2) is 30.6 Å². The molecular weight excluding hydrogens is 232 g/mol. The van der Waals surface area contributed by atoms with E-state index in [-0.39, 0.29) is 11.8 Å². The van der Waals surface area contributed by atoms with Crippen LogP contribution in [0.3, 0.4) is 0 Å². The monoisotopic (exact) mass is 250 g/mol. The Balaban J connectivity index is 2.76. The number of carbonyl (C=O) groups excluding carboxylic acids is 1. The van der Waals surface area contributed by atoms with Crippen LogP contribution < -0.4 is 10.6 Å². The SMILES string of the molecule is CNCC(C)C(=O)N[C@H](C(=O)O)c1ccccc1. The first-order valence-corrected chi connectivity index (χ1v) is 5.79. The average molecular weight is 250 g/mol. The number of hydrogen-bond donors (Lipinski definition) is 3. The lowest BCUT2D eigenvalue weighted by Crippen LogP contribution is -2.39. The summed E-state index contributed by atoms with van der Waals surface area (Å²) in [5, 5.41) is 14.6. The van der Waals surface area contributed by atoms with Crippen LogP contribution in [0.1, 0.15) is 18.5 Å². The number of benzene rings is 1. The van der Waals surface area contributed by atoms with Crippen molar-refractivity contribution in [2.75, 3.05) is 13.6 Å². The molecule has 5 nitrogen and oxygen atoms in total. The van der Waals surface area contributed by atoms with Crippen LogP contribution in [0.15, 0.2) is 30.3 Å². The van der Waals surface area contributed by atoms with Crippen molar-refractivity contribution in [1.82, 2.24) is 10.6 Å². The Bertz CT molecular complexity index is 406. The second kappa shape index (κ2) is 6.76. The van der Waals surface area contributed by atoms with Crippen molar-refractivity contribution in [3.8, 4) is 0 Å². The van der Waals surface area contributed by atoms with E-state index in [9.17, 15) is 9.59 Å². The van der Waals surface area contributed by atoms with Crippen molar-refractivity contribution in [3.63, 3.8) is 0 Å². The van der Waals surface area contributed by atoms with Gasteiger partial charge in [-0.25, -0.2) is 4.79 Å². The molecule has 0 spiro atoms. The van der Waals surface area contributed by atoms with Gasteiger partial charge in [0.15, 0.2) is 6.04 Å². The maximum atomic E-state index is 11.8. The van der Waals surface area contributed by atoms with Gasteiger partial charge in [0.05, 0.1) is 0 Å². The highest BCUT2D eigenvalue weighted by Crippen LogP contribution is 2.13. The summed E-state index contributed by atoms with van der Waals surface area (Å²) < 4.78 is 0. The second-order valence-electron chi connectivity index (χ2n) is 4.15. The lowest BCUT2D eigenvalue weighted by molar-refractivity contribution is -0.142. The molecule has 0 saturated carbocycles. The Hall–Kier alpha value is -1.88. The largest absolute Gasteiger partial charge is 0.479 e. The summed E-state index contributed by atoms with van der Waals surface area (Å²) in [6, 6.07) is 7.65. The van der Waals surface area contributed by atoms with Crippen LogP contribution in [-0.2, 0) is 9.59 Å². The normalized spacial score (nSPS) is 13.7. The molecule has 0 aliphatic carbocycles. The van der Waals surface area contributed by atoms with Gasteiger partial charge < -0.3 is 15.7 Å². The predicted octanol–water partition coefficient (Wildman–Crippen LogP) is 0.784. The second-order valence-corrected chi connectivity index (χ2v) is 4.15. The van der Waals surface area contributed by atoms with E-state index in [1.807, 2.05) is 0 Å². The smallest absolute Gasteiger partial charge is 0.330 e. The lowest BCUT2D eigenvalue weighted by atomic mass is 10.1. The third-order valence-electron chi connectivity index (χ3n) is 2.62. The number of carbonyl (C=O) groups is 2. The molecule has 1 aromatic carbocycles. The molecule has 0 heterocycles. The molecule has 0 aliphatic rings. The molecule has 0 aromatic heterocycles. The average Bonchev–Trinajstić information content (AvgIpc) is 2.36. The molecule has 0 saturated heterocycles. The van der Waals surface area contributed by atoms with Crippen LogP contribution in [0, 0.1) is 5.92 Å². The number of rotatable bonds is 6. The van der Waals surface area contributed by atoms with Crippen LogP contribution >= 0.6 is 0 Å². The summed E-state index contributed by atoms with van der Waals surface area (Å²) >= 11 is 0. The quantitative estimate of drug-likeness (QED) is 0.697. The maximum absolute atomic E-state index is 11.8. The standard InChI is InChI=1S/C13H18N2O3/c1-9(8-14-2)12(16)15-11(13(17)18)10-6-4-3-5-7-10/h3-7,9,11,14H,8H2,1-2H3,(H,15,16)(H,17,18)/t9?,11-/m0/s1. The van der Waals surface area contributed by atoms with Crippen LogP contribution in [0.2, 0.25) is 0 Å². The fourth-order valence-corrected chi connectivity index (χ4v) is 1.62. The van der Waals surface area contributed by atoms with E-state index in [0.29, 0.717) is 12.1 Å². The van der Waals surface area contributed by atoms with Gasteiger partial charge in [-0.05, 0) is 12.6 Å². The molecule has 0 fully saturated rings. The van der Waals surface area contributed by atoms with E-state index in [2.05, 4.69) is 10.6 Å². The van der Waals surface area contributed by atoms with Gasteiger partial charge in [0.25, 0.3) is 0 Å². The van der Waals surface area contributed by atoms with Crippen LogP contribution in [0.4, 0.5) is 0 Å². The highest BCUT2D eigenvalue weighted by Gasteiger charge is 2.23. The Kier molecular flexibility index (Phi) is 5.32. The third kappa shape index (κ3) is 3.85. The summed E-state index contributed by atoms with van der Waals surface area (Å²) in [7, 11) is 1.75. The fraction of sp³-hybridized carbons (Fsp3) is 0.385. The Morgan fingerprint density at radius 1 is 1.28 bits per heavy atom. The maximum Gasteiger partial charge on any atom is 0.330 e. The van der Waals surface area contributed by atoms with Crippen molar-refractivity contribution >= 4 is 11.9 Å². The zero-order chi connectivity index (χ0) is 13.5. The van der Waals surface area contributed by atoms with E-state index >= 15 is 0 Å². The van der Waals surface area contributed by atoms with Crippen molar-refractivity contribution < 1.29 is 14.7 Å². The Morgan fingerprint density at radius 2 is 1.89 bits per heavy atom. The zero-order valence-electron chi connectivity index (χ0n) is 10.5. The Labute approximate surface area is 106 Å². The predicted molar refractivity (Wildman–Crippen MR) is 68.1 cm³/mol. The summed E-state index contributed by atoms with van der Waals surface area (Å²) in [4.78, 5) is 23.0. The van der Waals surface area contributed by atoms with Crippen molar-refractivity contribution in [3.05, 3.63) is 35.9 Å². The van der Waals surface area contributed by atoms with Gasteiger partial charge in [-0.1, -0.05) is 37.3 Å². The first-order chi connectivity index (χ1) is 8.56. The van der Waals surface area contributed by atoms with Crippen LogP contribution in [0.5, 0.6) is 0 Å². The summed E-state index contributed by atoms with van der Waals surface area (Å²) in [6.45, 7) is 2.25. The molecular formula is C13H18N2O3. The molecule has 5 heteroatoms. The molecule has 1 rings (SSSR count).